The summed E-state index contributed by atoms with van der Waals surface area (Å²) in [6.45, 7) is 3.08. The number of hydrogen-bond acceptors (Lipinski definition) is 3. The van der Waals surface area contributed by atoms with Crippen LogP contribution in [0.4, 0.5) is 0 Å². The first-order valence-electron chi connectivity index (χ1n) is 3.74. The van der Waals surface area contributed by atoms with Crippen LogP contribution in [0.1, 0.15) is 13.3 Å². The molecule has 0 amide bonds. The molecular formula is C6H18ClNO3Si. The van der Waals surface area contributed by atoms with Crippen LogP contribution in [0.2, 0.25) is 0 Å². The van der Waals surface area contributed by atoms with Crippen molar-refractivity contribution in [2.75, 3.05) is 27.9 Å². The van der Waals surface area contributed by atoms with E-state index in [-0.39, 0.29) is 12.4 Å². The van der Waals surface area contributed by atoms with Crippen molar-refractivity contribution in [1.82, 2.24) is 0 Å². The van der Waals surface area contributed by atoms with Gasteiger partial charge >= 0.3 is 8.97 Å². The molecule has 0 unspecified atom stereocenters. The number of rotatable bonds is 6. The highest BCUT2D eigenvalue weighted by Gasteiger charge is 2.48. The van der Waals surface area contributed by atoms with E-state index in [1.165, 1.54) is 0 Å². The van der Waals surface area contributed by atoms with Crippen LogP contribution < -0.4 is 17.4 Å². The summed E-state index contributed by atoms with van der Waals surface area (Å²) >= 11 is 0. The van der Waals surface area contributed by atoms with Crippen molar-refractivity contribution in [3.8, 4) is 0 Å². The molecule has 6 heteroatoms. The van der Waals surface area contributed by atoms with Crippen molar-refractivity contribution in [2.45, 2.75) is 13.3 Å². The van der Waals surface area contributed by atoms with Crippen molar-refractivity contribution in [1.29, 1.82) is 0 Å². The molecule has 0 aliphatic rings. The second kappa shape index (κ2) is 7.97. The fourth-order valence-electron chi connectivity index (χ4n) is 0.821. The Kier molecular flexibility index (Phi) is 9.86. The lowest BCUT2D eigenvalue weighted by Gasteiger charge is -2.18. The number of halogens is 1. The standard InChI is InChI=1S/C6H17NO3Si.ClH/c1-5-6-7-11(8-2,9-3)10-4;/h7H,5-6H2,1-4H3;1H. The first-order valence-corrected chi connectivity index (χ1v) is 5.54. The summed E-state index contributed by atoms with van der Waals surface area (Å²) in [5.41, 5.74) is 0. The Morgan fingerprint density at radius 1 is 1.08 bits per heavy atom. The topological polar surface area (TPSA) is 44.3 Å². The largest absolute Gasteiger partial charge is 1.00 e. The van der Waals surface area contributed by atoms with Crippen molar-refractivity contribution in [3.63, 3.8) is 0 Å². The van der Waals surface area contributed by atoms with E-state index in [1.54, 1.807) is 21.3 Å². The quantitative estimate of drug-likeness (QED) is 0.465. The third-order valence-corrected chi connectivity index (χ3v) is 4.03. The summed E-state index contributed by atoms with van der Waals surface area (Å²) in [4.78, 5) is 2.01. The summed E-state index contributed by atoms with van der Waals surface area (Å²) in [5, 5.41) is 0. The highest BCUT2D eigenvalue weighted by Crippen LogP contribution is 1.92. The summed E-state index contributed by atoms with van der Waals surface area (Å²) in [6, 6.07) is 0. The van der Waals surface area contributed by atoms with Gasteiger partial charge in [-0.2, -0.15) is 0 Å². The van der Waals surface area contributed by atoms with Gasteiger partial charge in [0.1, 0.15) is 0 Å². The molecule has 0 atom stereocenters. The van der Waals surface area contributed by atoms with Crippen LogP contribution in [0, 0.1) is 0 Å². The maximum Gasteiger partial charge on any atom is 0.780 e. The van der Waals surface area contributed by atoms with Gasteiger partial charge in [0.2, 0.25) is 0 Å². The van der Waals surface area contributed by atoms with Crippen LogP contribution in [-0.2, 0) is 13.3 Å². The average molecular weight is 216 g/mol. The zero-order valence-electron chi connectivity index (χ0n) is 8.09. The number of hydrogen-bond donors (Lipinski definition) is 1. The number of quaternary nitrogens is 1. The normalized spacial score (nSPS) is 11.0. The Morgan fingerprint density at radius 3 is 1.75 bits per heavy atom. The molecule has 0 radical (unpaired) electrons. The minimum atomic E-state index is -2.36. The molecule has 0 rings (SSSR count). The van der Waals surface area contributed by atoms with Crippen LogP contribution in [0.3, 0.4) is 0 Å². The van der Waals surface area contributed by atoms with E-state index in [4.69, 9.17) is 13.3 Å². The molecule has 0 aromatic rings. The molecule has 12 heavy (non-hydrogen) atoms. The molecular weight excluding hydrogens is 198 g/mol. The Balaban J connectivity index is 0. The van der Waals surface area contributed by atoms with Gasteiger partial charge < -0.3 is 30.7 Å². The molecule has 0 saturated carbocycles. The fraction of sp³-hybridized carbons (Fsp3) is 1.00. The number of nitrogens with two attached hydrogens (primary N) is 1. The molecule has 2 N–H and O–H groups in total. The Labute approximate surface area is 81.4 Å². The van der Waals surface area contributed by atoms with E-state index in [0.29, 0.717) is 0 Å². The zero-order chi connectivity index (χ0) is 8.74. The lowest BCUT2D eigenvalue weighted by molar-refractivity contribution is -0.578. The maximum atomic E-state index is 5.18. The second-order valence-corrected chi connectivity index (χ2v) is 5.05. The van der Waals surface area contributed by atoms with Gasteiger partial charge in [-0.25, -0.2) is 0 Å². The van der Waals surface area contributed by atoms with Gasteiger partial charge in [0.05, 0.1) is 6.54 Å². The van der Waals surface area contributed by atoms with Crippen molar-refractivity contribution in [3.05, 3.63) is 0 Å². The predicted octanol–water partition coefficient (Wildman–Crippen LogP) is -3.66. The van der Waals surface area contributed by atoms with E-state index < -0.39 is 8.97 Å². The predicted molar refractivity (Wildman–Crippen MR) is 43.9 cm³/mol. The Morgan fingerprint density at radius 2 is 1.50 bits per heavy atom. The Bertz CT molecular complexity index is 94.5. The average Bonchev–Trinajstić information content (AvgIpc) is 2.08. The molecule has 0 aromatic carbocycles. The van der Waals surface area contributed by atoms with Crippen LogP contribution >= 0.6 is 0 Å². The van der Waals surface area contributed by atoms with Gasteiger partial charge in [-0.15, -0.1) is 0 Å². The smallest absolute Gasteiger partial charge is 0.780 e. The molecule has 0 aliphatic carbocycles. The van der Waals surface area contributed by atoms with Gasteiger partial charge in [0, 0.05) is 21.3 Å². The molecule has 0 aromatic heterocycles. The summed E-state index contributed by atoms with van der Waals surface area (Å²) in [5.74, 6) is 0. The van der Waals surface area contributed by atoms with Gasteiger partial charge in [-0.05, 0) is 6.42 Å². The lowest BCUT2D eigenvalue weighted by Crippen LogP contribution is -3.02. The molecule has 0 spiro atoms. The summed E-state index contributed by atoms with van der Waals surface area (Å²) in [6.07, 6.45) is 1.09. The summed E-state index contributed by atoms with van der Waals surface area (Å²) in [7, 11) is 2.49. The van der Waals surface area contributed by atoms with Crippen LogP contribution in [0.5, 0.6) is 0 Å². The lowest BCUT2D eigenvalue weighted by atomic mass is 10.5. The van der Waals surface area contributed by atoms with E-state index in [2.05, 4.69) is 6.92 Å². The Hall–Kier alpha value is 0.347. The molecule has 76 valence electrons. The first-order chi connectivity index (χ1) is 5.24. The minimum absolute atomic E-state index is 0. The summed E-state index contributed by atoms with van der Waals surface area (Å²) < 4.78 is 15.5. The van der Waals surface area contributed by atoms with Crippen LogP contribution in [-0.4, -0.2) is 36.8 Å². The molecule has 0 heterocycles. The molecule has 4 nitrogen and oxygen atoms in total. The van der Waals surface area contributed by atoms with Gasteiger partial charge in [0.15, 0.2) is 0 Å². The van der Waals surface area contributed by atoms with Crippen LogP contribution in [0.15, 0.2) is 0 Å². The zero-order valence-corrected chi connectivity index (χ0v) is 9.85. The van der Waals surface area contributed by atoms with E-state index >= 15 is 0 Å². The third kappa shape index (κ3) is 4.39. The van der Waals surface area contributed by atoms with Crippen molar-refractivity contribution < 1.29 is 30.7 Å². The monoisotopic (exact) mass is 215 g/mol. The maximum absolute atomic E-state index is 5.18. The van der Waals surface area contributed by atoms with E-state index in [0.717, 1.165) is 13.0 Å². The third-order valence-electron chi connectivity index (χ3n) is 1.54. The SMILES string of the molecule is CCC[NH2+][Si](OC)(OC)OC.[Cl-]. The van der Waals surface area contributed by atoms with Crippen molar-refractivity contribution >= 4 is 8.97 Å². The fourth-order valence-corrected chi connectivity index (χ4v) is 2.46. The molecule has 0 aliphatic heterocycles. The van der Waals surface area contributed by atoms with Gasteiger partial charge in [-0.1, -0.05) is 6.92 Å². The molecule has 0 bridgehead atoms. The van der Waals surface area contributed by atoms with Gasteiger partial charge in [-0.3, -0.25) is 0 Å². The van der Waals surface area contributed by atoms with Crippen LogP contribution in [0.25, 0.3) is 0 Å². The minimum Gasteiger partial charge on any atom is -1.00 e. The van der Waals surface area contributed by atoms with E-state index in [9.17, 15) is 0 Å². The van der Waals surface area contributed by atoms with Crippen molar-refractivity contribution in [2.24, 2.45) is 0 Å². The van der Waals surface area contributed by atoms with E-state index in [1.807, 2.05) is 4.98 Å². The first kappa shape index (κ1) is 14.8. The van der Waals surface area contributed by atoms with Gasteiger partial charge in [0.25, 0.3) is 0 Å². The molecule has 0 saturated heterocycles. The highest BCUT2D eigenvalue weighted by molar-refractivity contribution is 6.50. The second-order valence-electron chi connectivity index (χ2n) is 2.21. The highest BCUT2D eigenvalue weighted by atomic mass is 35.5. The molecule has 0 fully saturated rings.